The summed E-state index contributed by atoms with van der Waals surface area (Å²) in [6.07, 6.45) is 0.682. The lowest BCUT2D eigenvalue weighted by Gasteiger charge is -2.20. The van der Waals surface area contributed by atoms with Gasteiger partial charge in [0.2, 0.25) is 21.8 Å². The van der Waals surface area contributed by atoms with Gasteiger partial charge in [0.05, 0.1) is 37.3 Å². The first-order chi connectivity index (χ1) is 15.3. The Labute approximate surface area is 187 Å². The number of nitrogens with one attached hydrogen (secondary N) is 1. The highest BCUT2D eigenvalue weighted by Gasteiger charge is 2.36. The van der Waals surface area contributed by atoms with E-state index < -0.39 is 15.9 Å². The van der Waals surface area contributed by atoms with E-state index in [2.05, 4.69) is 5.32 Å². The van der Waals surface area contributed by atoms with Crippen molar-refractivity contribution in [3.63, 3.8) is 0 Å². The number of sulfonamides is 1. The molecule has 2 amide bonds. The quantitative estimate of drug-likeness (QED) is 0.710. The first-order valence-corrected chi connectivity index (χ1v) is 11.9. The molecule has 9 nitrogen and oxygen atoms in total. The Hall–Kier alpha value is -3.27. The Morgan fingerprint density at radius 1 is 1.09 bits per heavy atom. The van der Waals surface area contributed by atoms with Crippen LogP contribution in [0.3, 0.4) is 0 Å². The van der Waals surface area contributed by atoms with Gasteiger partial charge in [-0.15, -0.1) is 0 Å². The fourth-order valence-corrected chi connectivity index (χ4v) is 5.57. The minimum atomic E-state index is -3.25. The first-order valence-electron chi connectivity index (χ1n) is 10.3. The number of benzene rings is 2. The SMILES string of the molecule is COc1ccc(OC)c(N2CC(C(=O)Nc3ccc(N4CCCS4(=O)=O)cc3)CC2=O)c1. The second-order valence-corrected chi connectivity index (χ2v) is 9.73. The lowest BCUT2D eigenvalue weighted by atomic mass is 10.1. The number of ether oxygens (including phenoxy) is 2. The smallest absolute Gasteiger partial charge is 0.235 e. The van der Waals surface area contributed by atoms with Crippen molar-refractivity contribution in [3.05, 3.63) is 42.5 Å². The van der Waals surface area contributed by atoms with Crippen molar-refractivity contribution in [2.45, 2.75) is 12.8 Å². The number of hydrogen-bond donors (Lipinski definition) is 1. The second kappa shape index (κ2) is 8.70. The molecule has 2 aromatic rings. The van der Waals surface area contributed by atoms with Gasteiger partial charge < -0.3 is 19.7 Å². The molecule has 32 heavy (non-hydrogen) atoms. The maximum absolute atomic E-state index is 12.8. The molecule has 2 saturated heterocycles. The van der Waals surface area contributed by atoms with Crippen LogP contribution in [0, 0.1) is 5.92 Å². The Balaban J connectivity index is 1.44. The highest BCUT2D eigenvalue weighted by atomic mass is 32.2. The molecule has 0 bridgehead atoms. The van der Waals surface area contributed by atoms with E-state index in [0.29, 0.717) is 41.5 Å². The van der Waals surface area contributed by atoms with Gasteiger partial charge in [0.15, 0.2) is 0 Å². The molecule has 4 rings (SSSR count). The van der Waals surface area contributed by atoms with Crippen molar-refractivity contribution < 1.29 is 27.5 Å². The summed E-state index contributed by atoms with van der Waals surface area (Å²) in [5.41, 5.74) is 1.68. The van der Waals surface area contributed by atoms with Crippen LogP contribution in [0.15, 0.2) is 42.5 Å². The van der Waals surface area contributed by atoms with Crippen LogP contribution < -0.4 is 24.0 Å². The molecule has 1 N–H and O–H groups in total. The molecule has 0 spiro atoms. The molecule has 1 unspecified atom stereocenters. The minimum Gasteiger partial charge on any atom is -0.497 e. The van der Waals surface area contributed by atoms with E-state index >= 15 is 0 Å². The van der Waals surface area contributed by atoms with Gasteiger partial charge in [0.25, 0.3) is 0 Å². The molecular weight excluding hydrogens is 434 g/mol. The molecule has 2 heterocycles. The van der Waals surface area contributed by atoms with Crippen LogP contribution in [0.1, 0.15) is 12.8 Å². The van der Waals surface area contributed by atoms with Crippen LogP contribution >= 0.6 is 0 Å². The van der Waals surface area contributed by atoms with E-state index in [9.17, 15) is 18.0 Å². The number of carbonyl (C=O) groups is 2. The summed E-state index contributed by atoms with van der Waals surface area (Å²) in [6, 6.07) is 11.8. The van der Waals surface area contributed by atoms with E-state index in [1.807, 2.05) is 0 Å². The van der Waals surface area contributed by atoms with Crippen LogP contribution in [0.4, 0.5) is 17.1 Å². The van der Waals surface area contributed by atoms with E-state index in [-0.39, 0.29) is 30.5 Å². The third-order valence-electron chi connectivity index (χ3n) is 5.69. The maximum atomic E-state index is 12.8. The van der Waals surface area contributed by atoms with Gasteiger partial charge in [-0.05, 0) is 42.8 Å². The van der Waals surface area contributed by atoms with Crippen molar-refractivity contribution in [1.82, 2.24) is 0 Å². The molecule has 0 aromatic heterocycles. The standard InChI is InChI=1S/C22H25N3O6S/c1-30-18-8-9-20(31-2)19(13-18)24-14-15(12-21(24)26)22(27)23-16-4-6-17(7-5-16)25-10-3-11-32(25,28)29/h4-9,13,15H,3,10-12,14H2,1-2H3,(H,23,27). The van der Waals surface area contributed by atoms with Crippen LogP contribution in [0.2, 0.25) is 0 Å². The van der Waals surface area contributed by atoms with Crippen LogP contribution in [-0.4, -0.2) is 53.3 Å². The predicted octanol–water partition coefficient (Wildman–Crippen LogP) is 2.24. The van der Waals surface area contributed by atoms with Crippen molar-refractivity contribution >= 4 is 38.9 Å². The molecule has 2 aliphatic rings. The van der Waals surface area contributed by atoms with Gasteiger partial charge in [0, 0.05) is 31.3 Å². The fraction of sp³-hybridized carbons (Fsp3) is 0.364. The Bertz CT molecular complexity index is 1130. The number of amides is 2. The number of nitrogens with zero attached hydrogens (tertiary/aromatic N) is 2. The zero-order valence-corrected chi connectivity index (χ0v) is 18.7. The summed E-state index contributed by atoms with van der Waals surface area (Å²) in [7, 11) is -0.194. The topological polar surface area (TPSA) is 105 Å². The van der Waals surface area contributed by atoms with Gasteiger partial charge in [-0.1, -0.05) is 0 Å². The third kappa shape index (κ3) is 4.22. The third-order valence-corrected chi connectivity index (χ3v) is 7.56. The average molecular weight is 460 g/mol. The van der Waals surface area contributed by atoms with Crippen molar-refractivity contribution in [1.29, 1.82) is 0 Å². The fourth-order valence-electron chi connectivity index (χ4n) is 4.01. The normalized spacial score (nSPS) is 19.8. The molecule has 10 heteroatoms. The lowest BCUT2D eigenvalue weighted by molar-refractivity contribution is -0.122. The van der Waals surface area contributed by atoms with Gasteiger partial charge in [-0.25, -0.2) is 8.42 Å². The van der Waals surface area contributed by atoms with Crippen molar-refractivity contribution in [3.8, 4) is 11.5 Å². The number of rotatable bonds is 6. The maximum Gasteiger partial charge on any atom is 0.235 e. The Morgan fingerprint density at radius 3 is 2.47 bits per heavy atom. The monoisotopic (exact) mass is 459 g/mol. The number of carbonyl (C=O) groups excluding carboxylic acids is 2. The average Bonchev–Trinajstić information content (AvgIpc) is 3.35. The Morgan fingerprint density at radius 2 is 1.84 bits per heavy atom. The van der Waals surface area contributed by atoms with Gasteiger partial charge in [0.1, 0.15) is 11.5 Å². The summed E-state index contributed by atoms with van der Waals surface area (Å²) >= 11 is 0. The van der Waals surface area contributed by atoms with Crippen LogP contribution in [0.5, 0.6) is 11.5 Å². The molecule has 0 saturated carbocycles. The highest BCUT2D eigenvalue weighted by Crippen LogP contribution is 2.36. The highest BCUT2D eigenvalue weighted by molar-refractivity contribution is 7.93. The van der Waals surface area contributed by atoms with Gasteiger partial charge >= 0.3 is 0 Å². The molecule has 0 aliphatic carbocycles. The molecule has 2 aliphatic heterocycles. The van der Waals surface area contributed by atoms with Gasteiger partial charge in [-0.3, -0.25) is 13.9 Å². The summed E-state index contributed by atoms with van der Waals surface area (Å²) in [5, 5.41) is 2.82. The summed E-state index contributed by atoms with van der Waals surface area (Å²) in [6.45, 7) is 0.681. The van der Waals surface area contributed by atoms with E-state index in [1.54, 1.807) is 42.5 Å². The van der Waals surface area contributed by atoms with E-state index in [4.69, 9.17) is 9.47 Å². The Kier molecular flexibility index (Phi) is 5.96. The largest absolute Gasteiger partial charge is 0.497 e. The summed E-state index contributed by atoms with van der Waals surface area (Å²) in [4.78, 5) is 27.0. The molecule has 170 valence electrons. The zero-order valence-electron chi connectivity index (χ0n) is 17.9. The molecule has 1 atom stereocenters. The number of hydrogen-bond acceptors (Lipinski definition) is 6. The van der Waals surface area contributed by atoms with Crippen LogP contribution in [-0.2, 0) is 19.6 Å². The van der Waals surface area contributed by atoms with Crippen molar-refractivity contribution in [2.24, 2.45) is 5.92 Å². The van der Waals surface area contributed by atoms with E-state index in [0.717, 1.165) is 0 Å². The molecular formula is C22H25N3O6S. The van der Waals surface area contributed by atoms with E-state index in [1.165, 1.54) is 23.4 Å². The molecule has 2 fully saturated rings. The number of methoxy groups -OCH3 is 2. The minimum absolute atomic E-state index is 0.0797. The number of anilines is 3. The second-order valence-electron chi connectivity index (χ2n) is 7.72. The van der Waals surface area contributed by atoms with Gasteiger partial charge in [-0.2, -0.15) is 0 Å². The van der Waals surface area contributed by atoms with Crippen LogP contribution in [0.25, 0.3) is 0 Å². The lowest BCUT2D eigenvalue weighted by Crippen LogP contribution is -2.28. The molecule has 0 radical (unpaired) electrons. The predicted molar refractivity (Wildman–Crippen MR) is 121 cm³/mol. The van der Waals surface area contributed by atoms with Crippen molar-refractivity contribution in [2.75, 3.05) is 47.6 Å². The first kappa shape index (κ1) is 21.9. The summed E-state index contributed by atoms with van der Waals surface area (Å²) in [5.74, 6) is 0.275. The summed E-state index contributed by atoms with van der Waals surface area (Å²) < 4.78 is 36.1. The zero-order chi connectivity index (χ0) is 22.9. The molecule has 2 aromatic carbocycles.